The minimum absolute atomic E-state index is 0.0488. The van der Waals surface area contributed by atoms with E-state index in [0.29, 0.717) is 5.56 Å². The zero-order chi connectivity index (χ0) is 20.0. The molecule has 0 saturated carbocycles. The number of sulfone groups is 1. The molecule has 2 aromatic rings. The van der Waals surface area contributed by atoms with Gasteiger partial charge < -0.3 is 9.47 Å². The monoisotopic (exact) mass is 399 g/mol. The average molecular weight is 399 g/mol. The van der Waals surface area contributed by atoms with Gasteiger partial charge in [-0.1, -0.05) is 6.07 Å². The van der Waals surface area contributed by atoms with Crippen molar-refractivity contribution in [1.29, 1.82) is 0 Å². The fourth-order valence-corrected chi connectivity index (χ4v) is 3.10. The summed E-state index contributed by atoms with van der Waals surface area (Å²) in [5, 5.41) is 11.5. The molecule has 0 saturated heterocycles. The summed E-state index contributed by atoms with van der Waals surface area (Å²) in [6.07, 6.45) is 1.26. The molecule has 0 bridgehead atoms. The predicted octanol–water partition coefficient (Wildman–Crippen LogP) is 4.04. The predicted molar refractivity (Wildman–Crippen MR) is 93.6 cm³/mol. The molecule has 0 aromatic heterocycles. The van der Waals surface area contributed by atoms with Crippen molar-refractivity contribution >= 4 is 21.6 Å². The Morgan fingerprint density at radius 1 is 1.15 bits per heavy atom. The Bertz CT molecular complexity index is 942. The van der Waals surface area contributed by atoms with Gasteiger partial charge in [-0.15, -0.1) is 0 Å². The molecule has 10 heteroatoms. The molecule has 0 radical (unpaired) electrons. The van der Waals surface area contributed by atoms with E-state index in [1.807, 2.05) is 0 Å². The van der Waals surface area contributed by atoms with E-state index in [2.05, 4.69) is 4.74 Å². The molecular weight excluding hydrogens is 384 g/mol. The van der Waals surface area contributed by atoms with Gasteiger partial charge in [-0.2, -0.15) is 8.78 Å². The molecule has 0 N–H and O–H groups in total. The summed E-state index contributed by atoms with van der Waals surface area (Å²) in [5.74, 6) is -0.116. The van der Waals surface area contributed by atoms with E-state index in [9.17, 15) is 27.3 Å². The van der Waals surface area contributed by atoms with E-state index in [1.165, 1.54) is 24.3 Å². The lowest BCUT2D eigenvalue weighted by atomic mass is 10.2. The summed E-state index contributed by atoms with van der Waals surface area (Å²) in [4.78, 5) is 9.87. The molecule has 0 fully saturated rings. The fourth-order valence-electron chi connectivity index (χ4n) is 2.09. The second-order valence-corrected chi connectivity index (χ2v) is 6.95. The van der Waals surface area contributed by atoms with Crippen LogP contribution in [0.5, 0.6) is 11.5 Å². The number of halogens is 2. The largest absolute Gasteiger partial charge is 0.490 e. The van der Waals surface area contributed by atoms with E-state index in [4.69, 9.17) is 4.74 Å². The van der Waals surface area contributed by atoms with Crippen LogP contribution in [0.1, 0.15) is 12.5 Å². The van der Waals surface area contributed by atoms with E-state index in [-0.39, 0.29) is 28.7 Å². The Labute approximate surface area is 153 Å². The van der Waals surface area contributed by atoms with Gasteiger partial charge in [0.15, 0.2) is 21.3 Å². The molecule has 0 atom stereocenters. The molecule has 2 rings (SSSR count). The Morgan fingerprint density at radius 2 is 1.81 bits per heavy atom. The molecule has 27 heavy (non-hydrogen) atoms. The van der Waals surface area contributed by atoms with Crippen molar-refractivity contribution in [3.05, 3.63) is 63.6 Å². The van der Waals surface area contributed by atoms with Crippen molar-refractivity contribution in [2.24, 2.45) is 0 Å². The maximum atomic E-state index is 12.4. The SMILES string of the molecule is CCOc1cc(/C=C/S(=O)(=O)c2ccc([N+](=O)[O-])cc2)ccc1OC(F)F. The molecule has 144 valence electrons. The summed E-state index contributed by atoms with van der Waals surface area (Å²) in [5.41, 5.74) is 0.152. The highest BCUT2D eigenvalue weighted by atomic mass is 32.2. The molecular formula is C17H15F2NO6S. The van der Waals surface area contributed by atoms with Crippen molar-refractivity contribution < 1.29 is 31.6 Å². The highest BCUT2D eigenvalue weighted by molar-refractivity contribution is 7.94. The number of nitro benzene ring substituents is 1. The van der Waals surface area contributed by atoms with E-state index < -0.39 is 21.4 Å². The summed E-state index contributed by atoms with van der Waals surface area (Å²) >= 11 is 0. The minimum atomic E-state index is -3.85. The first kappa shape index (κ1) is 20.3. The van der Waals surface area contributed by atoms with Crippen molar-refractivity contribution in [1.82, 2.24) is 0 Å². The van der Waals surface area contributed by atoms with Crippen LogP contribution in [0, 0.1) is 10.1 Å². The Hall–Kier alpha value is -3.01. The van der Waals surface area contributed by atoms with Gasteiger partial charge in [0.25, 0.3) is 5.69 Å². The lowest BCUT2D eigenvalue weighted by molar-refractivity contribution is -0.384. The minimum Gasteiger partial charge on any atom is -0.490 e. The van der Waals surface area contributed by atoms with E-state index in [1.54, 1.807) is 6.92 Å². The first-order valence-electron chi connectivity index (χ1n) is 7.62. The van der Waals surface area contributed by atoms with Gasteiger partial charge in [-0.3, -0.25) is 10.1 Å². The Morgan fingerprint density at radius 3 is 2.37 bits per heavy atom. The standard InChI is InChI=1S/C17H15F2NO6S/c1-2-25-16-11-12(3-8-15(16)26-17(18)19)9-10-27(23,24)14-6-4-13(5-7-14)20(21)22/h3-11,17H,2H2,1H3/b10-9+. The highest BCUT2D eigenvalue weighted by Gasteiger charge is 2.14. The van der Waals surface area contributed by atoms with Crippen LogP contribution in [-0.4, -0.2) is 26.6 Å². The first-order chi connectivity index (χ1) is 12.7. The van der Waals surface area contributed by atoms with Crippen LogP contribution in [-0.2, 0) is 9.84 Å². The number of benzene rings is 2. The molecule has 0 amide bonds. The summed E-state index contributed by atoms with van der Waals surface area (Å²) in [7, 11) is -3.85. The molecule has 0 spiro atoms. The van der Waals surface area contributed by atoms with Gasteiger partial charge in [0.05, 0.1) is 16.4 Å². The maximum Gasteiger partial charge on any atom is 0.387 e. The second-order valence-electron chi connectivity index (χ2n) is 5.12. The average Bonchev–Trinajstić information content (AvgIpc) is 2.62. The third kappa shape index (κ3) is 5.48. The Balaban J connectivity index is 2.27. The van der Waals surface area contributed by atoms with Crippen LogP contribution in [0.4, 0.5) is 14.5 Å². The van der Waals surface area contributed by atoms with Crippen molar-refractivity contribution in [2.75, 3.05) is 6.61 Å². The summed E-state index contributed by atoms with van der Waals surface area (Å²) in [6.45, 7) is -1.16. The van der Waals surface area contributed by atoms with Crippen LogP contribution in [0.3, 0.4) is 0 Å². The van der Waals surface area contributed by atoms with Crippen molar-refractivity contribution in [2.45, 2.75) is 18.4 Å². The van der Waals surface area contributed by atoms with E-state index in [0.717, 1.165) is 29.7 Å². The van der Waals surface area contributed by atoms with Crippen molar-refractivity contribution in [3.8, 4) is 11.5 Å². The summed E-state index contributed by atoms with van der Waals surface area (Å²) in [6, 6.07) is 8.43. The molecule has 0 aliphatic rings. The fraction of sp³-hybridized carbons (Fsp3) is 0.176. The van der Waals surface area contributed by atoms with Crippen LogP contribution in [0.15, 0.2) is 52.8 Å². The van der Waals surface area contributed by atoms with Crippen LogP contribution >= 0.6 is 0 Å². The van der Waals surface area contributed by atoms with Gasteiger partial charge >= 0.3 is 6.61 Å². The number of alkyl halides is 2. The third-order valence-corrected chi connectivity index (χ3v) is 4.72. The number of hydrogen-bond donors (Lipinski definition) is 0. The van der Waals surface area contributed by atoms with Crippen molar-refractivity contribution in [3.63, 3.8) is 0 Å². The normalized spacial score (nSPS) is 11.7. The number of non-ortho nitro benzene ring substituents is 1. The number of rotatable bonds is 8. The number of nitro groups is 1. The van der Waals surface area contributed by atoms with Gasteiger partial charge in [0.2, 0.25) is 0 Å². The van der Waals surface area contributed by atoms with Crippen LogP contribution < -0.4 is 9.47 Å². The van der Waals surface area contributed by atoms with Crippen LogP contribution in [0.25, 0.3) is 6.08 Å². The topological polar surface area (TPSA) is 95.7 Å². The molecule has 0 aliphatic heterocycles. The summed E-state index contributed by atoms with van der Waals surface area (Å²) < 4.78 is 59.0. The third-order valence-electron chi connectivity index (χ3n) is 3.30. The number of hydrogen-bond acceptors (Lipinski definition) is 6. The molecule has 7 nitrogen and oxygen atoms in total. The zero-order valence-corrected chi connectivity index (χ0v) is 14.9. The first-order valence-corrected chi connectivity index (χ1v) is 9.17. The molecule has 0 aliphatic carbocycles. The number of ether oxygens (including phenoxy) is 2. The zero-order valence-electron chi connectivity index (χ0n) is 14.0. The Kier molecular flexibility index (Phi) is 6.45. The molecule has 0 heterocycles. The van der Waals surface area contributed by atoms with Gasteiger partial charge in [-0.05, 0) is 42.8 Å². The lowest BCUT2D eigenvalue weighted by Crippen LogP contribution is -2.04. The molecule has 2 aromatic carbocycles. The lowest BCUT2D eigenvalue weighted by Gasteiger charge is -2.11. The second kappa shape index (κ2) is 8.58. The quantitative estimate of drug-likeness (QED) is 0.491. The van der Waals surface area contributed by atoms with Gasteiger partial charge in [-0.25, -0.2) is 8.42 Å². The van der Waals surface area contributed by atoms with Gasteiger partial charge in [0.1, 0.15) is 0 Å². The van der Waals surface area contributed by atoms with Gasteiger partial charge in [0, 0.05) is 17.5 Å². The highest BCUT2D eigenvalue weighted by Crippen LogP contribution is 2.30. The van der Waals surface area contributed by atoms with Crippen LogP contribution in [0.2, 0.25) is 0 Å². The smallest absolute Gasteiger partial charge is 0.387 e. The maximum absolute atomic E-state index is 12.4. The molecule has 0 unspecified atom stereocenters. The van der Waals surface area contributed by atoms with E-state index >= 15 is 0 Å². The number of nitrogens with zero attached hydrogens (tertiary/aromatic N) is 1.